The smallest absolute Gasteiger partial charge is 0.239 e. The van der Waals surface area contributed by atoms with Gasteiger partial charge in [-0.2, -0.15) is 0 Å². The van der Waals surface area contributed by atoms with Gasteiger partial charge < -0.3 is 16.4 Å². The highest BCUT2D eigenvalue weighted by molar-refractivity contribution is 5.83. The molecule has 0 aromatic carbocycles. The first-order chi connectivity index (χ1) is 6.52. The van der Waals surface area contributed by atoms with Crippen LogP contribution in [0.4, 0.5) is 0 Å². The third-order valence-corrected chi connectivity index (χ3v) is 2.52. The molecule has 4 N–H and O–H groups in total. The van der Waals surface area contributed by atoms with Gasteiger partial charge in [0.25, 0.3) is 0 Å². The number of nitrogens with two attached hydrogens (primary N) is 2. The van der Waals surface area contributed by atoms with Gasteiger partial charge in [-0.3, -0.25) is 9.59 Å². The minimum Gasteiger partial charge on any atom is -0.369 e. The Morgan fingerprint density at radius 1 is 1.50 bits per heavy atom. The van der Waals surface area contributed by atoms with Gasteiger partial charge in [0.05, 0.1) is 12.0 Å². The summed E-state index contributed by atoms with van der Waals surface area (Å²) in [5.41, 5.74) is 10.7. The summed E-state index contributed by atoms with van der Waals surface area (Å²) in [6, 6.07) is -0.498. The number of likely N-dealkylation sites (tertiary alicyclic amines) is 1. The van der Waals surface area contributed by atoms with Gasteiger partial charge in [0, 0.05) is 13.1 Å². The van der Waals surface area contributed by atoms with Crippen molar-refractivity contribution >= 4 is 11.8 Å². The zero-order valence-electron chi connectivity index (χ0n) is 8.40. The highest BCUT2D eigenvalue weighted by atomic mass is 16.2. The Morgan fingerprint density at radius 2 is 2.14 bits per heavy atom. The molecule has 1 aliphatic rings. The van der Waals surface area contributed by atoms with Gasteiger partial charge in [-0.1, -0.05) is 0 Å². The predicted octanol–water partition coefficient (Wildman–Crippen LogP) is -0.942. The van der Waals surface area contributed by atoms with E-state index < -0.39 is 6.04 Å². The van der Waals surface area contributed by atoms with Crippen LogP contribution in [0.3, 0.4) is 0 Å². The fraction of sp³-hybridized carbons (Fsp3) is 0.778. The summed E-state index contributed by atoms with van der Waals surface area (Å²) >= 11 is 0. The number of carbonyl (C=O) groups excluding carboxylic acids is 2. The number of hydrogen-bond acceptors (Lipinski definition) is 3. The van der Waals surface area contributed by atoms with Crippen molar-refractivity contribution in [3.63, 3.8) is 0 Å². The summed E-state index contributed by atoms with van der Waals surface area (Å²) in [5, 5.41) is 0. The molecule has 1 aliphatic heterocycles. The Labute approximate surface area is 83.4 Å². The topological polar surface area (TPSA) is 89.4 Å². The van der Waals surface area contributed by atoms with Gasteiger partial charge in [0.1, 0.15) is 0 Å². The van der Waals surface area contributed by atoms with Crippen molar-refractivity contribution in [2.75, 3.05) is 13.1 Å². The molecule has 14 heavy (non-hydrogen) atoms. The van der Waals surface area contributed by atoms with E-state index in [4.69, 9.17) is 11.5 Å². The quantitative estimate of drug-likeness (QED) is 0.601. The van der Waals surface area contributed by atoms with Gasteiger partial charge in [-0.25, -0.2) is 0 Å². The predicted molar refractivity (Wildman–Crippen MR) is 52.1 cm³/mol. The van der Waals surface area contributed by atoms with Crippen molar-refractivity contribution in [3.8, 4) is 0 Å². The van der Waals surface area contributed by atoms with Crippen molar-refractivity contribution in [2.45, 2.75) is 25.8 Å². The second kappa shape index (κ2) is 4.41. The lowest BCUT2D eigenvalue weighted by Crippen LogP contribution is -2.49. The number of amides is 2. The van der Waals surface area contributed by atoms with Crippen LogP contribution in [0.25, 0.3) is 0 Å². The molecule has 0 spiro atoms. The molecule has 0 aromatic rings. The molecule has 0 radical (unpaired) electrons. The highest BCUT2D eigenvalue weighted by Crippen LogP contribution is 2.16. The van der Waals surface area contributed by atoms with Gasteiger partial charge >= 0.3 is 0 Å². The monoisotopic (exact) mass is 199 g/mol. The van der Waals surface area contributed by atoms with Crippen LogP contribution in [0.15, 0.2) is 0 Å². The van der Waals surface area contributed by atoms with E-state index >= 15 is 0 Å². The van der Waals surface area contributed by atoms with Crippen LogP contribution in [0, 0.1) is 5.92 Å². The minimum absolute atomic E-state index is 0.101. The van der Waals surface area contributed by atoms with Crippen LogP contribution in [0.2, 0.25) is 0 Å². The molecule has 1 heterocycles. The number of hydrogen-bond donors (Lipinski definition) is 2. The molecule has 1 rings (SSSR count). The highest BCUT2D eigenvalue weighted by Gasteiger charge is 2.27. The Balaban J connectivity index is 2.56. The van der Waals surface area contributed by atoms with Gasteiger partial charge in [0.15, 0.2) is 0 Å². The molecular weight excluding hydrogens is 182 g/mol. The van der Waals surface area contributed by atoms with Crippen LogP contribution in [0.5, 0.6) is 0 Å². The van der Waals surface area contributed by atoms with Crippen LogP contribution in [-0.4, -0.2) is 35.8 Å². The van der Waals surface area contributed by atoms with Crippen LogP contribution in [-0.2, 0) is 9.59 Å². The number of piperidine rings is 1. The SMILES string of the molecule is C[C@H](N)C(=O)N1CCCC(C(N)=O)C1. The average molecular weight is 199 g/mol. The first-order valence-electron chi connectivity index (χ1n) is 4.86. The zero-order chi connectivity index (χ0) is 10.7. The fourth-order valence-corrected chi connectivity index (χ4v) is 1.70. The normalized spacial score (nSPS) is 24.4. The first kappa shape index (κ1) is 11.0. The van der Waals surface area contributed by atoms with E-state index in [9.17, 15) is 9.59 Å². The average Bonchev–Trinajstić information content (AvgIpc) is 2.16. The maximum absolute atomic E-state index is 11.5. The van der Waals surface area contributed by atoms with E-state index in [1.54, 1.807) is 11.8 Å². The van der Waals surface area contributed by atoms with Crippen molar-refractivity contribution in [1.82, 2.24) is 4.90 Å². The van der Waals surface area contributed by atoms with Crippen LogP contribution >= 0.6 is 0 Å². The molecule has 0 aliphatic carbocycles. The lowest BCUT2D eigenvalue weighted by molar-refractivity contribution is -0.135. The Bertz CT molecular complexity index is 240. The number of primary amides is 1. The molecule has 0 aromatic heterocycles. The van der Waals surface area contributed by atoms with E-state index in [2.05, 4.69) is 0 Å². The minimum atomic E-state index is -0.498. The van der Waals surface area contributed by atoms with Crippen molar-refractivity contribution in [1.29, 1.82) is 0 Å². The summed E-state index contributed by atoms with van der Waals surface area (Å²) < 4.78 is 0. The maximum atomic E-state index is 11.5. The number of rotatable bonds is 2. The molecule has 80 valence electrons. The van der Waals surface area contributed by atoms with Gasteiger partial charge in [0.2, 0.25) is 11.8 Å². The molecular formula is C9H17N3O2. The molecule has 0 saturated carbocycles. The summed E-state index contributed by atoms with van der Waals surface area (Å²) in [4.78, 5) is 24.1. The number of carbonyl (C=O) groups is 2. The van der Waals surface area contributed by atoms with Gasteiger partial charge in [-0.05, 0) is 19.8 Å². The number of nitrogens with zero attached hydrogens (tertiary/aromatic N) is 1. The lowest BCUT2D eigenvalue weighted by Gasteiger charge is -2.32. The molecule has 2 amide bonds. The second-order valence-electron chi connectivity index (χ2n) is 3.81. The summed E-state index contributed by atoms with van der Waals surface area (Å²) in [6.45, 7) is 2.76. The van der Waals surface area contributed by atoms with Crippen molar-refractivity contribution < 1.29 is 9.59 Å². The van der Waals surface area contributed by atoms with E-state index in [0.717, 1.165) is 12.8 Å². The van der Waals surface area contributed by atoms with E-state index in [-0.39, 0.29) is 17.7 Å². The molecule has 1 fully saturated rings. The Morgan fingerprint density at radius 3 is 2.64 bits per heavy atom. The van der Waals surface area contributed by atoms with E-state index in [1.165, 1.54) is 0 Å². The summed E-state index contributed by atoms with van der Waals surface area (Å²) in [6.07, 6.45) is 1.60. The summed E-state index contributed by atoms with van der Waals surface area (Å²) in [7, 11) is 0. The zero-order valence-corrected chi connectivity index (χ0v) is 8.40. The van der Waals surface area contributed by atoms with Crippen molar-refractivity contribution in [2.24, 2.45) is 17.4 Å². The fourth-order valence-electron chi connectivity index (χ4n) is 1.70. The van der Waals surface area contributed by atoms with Crippen molar-refractivity contribution in [3.05, 3.63) is 0 Å². The van der Waals surface area contributed by atoms with Crippen LogP contribution < -0.4 is 11.5 Å². The maximum Gasteiger partial charge on any atom is 0.239 e. The van der Waals surface area contributed by atoms with E-state index in [1.807, 2.05) is 0 Å². The lowest BCUT2D eigenvalue weighted by atomic mass is 9.97. The third kappa shape index (κ3) is 2.45. The Hall–Kier alpha value is -1.10. The molecule has 1 saturated heterocycles. The molecule has 0 bridgehead atoms. The Kier molecular flexibility index (Phi) is 3.46. The molecule has 2 atom stereocenters. The largest absolute Gasteiger partial charge is 0.369 e. The molecule has 1 unspecified atom stereocenters. The first-order valence-corrected chi connectivity index (χ1v) is 4.86. The van der Waals surface area contributed by atoms with Crippen LogP contribution in [0.1, 0.15) is 19.8 Å². The standard InChI is InChI=1S/C9H17N3O2/c1-6(10)9(14)12-4-2-3-7(5-12)8(11)13/h6-7H,2-5,10H2,1H3,(H2,11,13)/t6-,7?/m0/s1. The van der Waals surface area contributed by atoms with E-state index in [0.29, 0.717) is 13.1 Å². The third-order valence-electron chi connectivity index (χ3n) is 2.52. The molecule has 5 nitrogen and oxygen atoms in total. The second-order valence-corrected chi connectivity index (χ2v) is 3.81. The molecule has 5 heteroatoms. The summed E-state index contributed by atoms with van der Waals surface area (Å²) in [5.74, 6) is -0.630. The van der Waals surface area contributed by atoms with Gasteiger partial charge in [-0.15, -0.1) is 0 Å².